The molecule has 1 aliphatic carbocycles. The Kier molecular flexibility index (Phi) is 5.24. The summed E-state index contributed by atoms with van der Waals surface area (Å²) in [5, 5.41) is 7.75. The van der Waals surface area contributed by atoms with E-state index in [4.69, 9.17) is 0 Å². The summed E-state index contributed by atoms with van der Waals surface area (Å²) >= 11 is 3.42. The van der Waals surface area contributed by atoms with Crippen LogP contribution in [0, 0.1) is 5.92 Å². The summed E-state index contributed by atoms with van der Waals surface area (Å²) < 4.78 is 2.10. The van der Waals surface area contributed by atoms with Crippen LogP contribution in [0.3, 0.4) is 0 Å². The van der Waals surface area contributed by atoms with E-state index in [1.165, 1.54) is 36.8 Å². The molecule has 0 saturated heterocycles. The Hall–Kier alpha value is -0.840. The summed E-state index contributed by atoms with van der Waals surface area (Å²) in [6, 6.07) is 0.535. The van der Waals surface area contributed by atoms with Crippen LogP contribution in [0.25, 0.3) is 0 Å². The Labute approximate surface area is 129 Å². The largest absolute Gasteiger partial charge is 0.380 e. The second-order valence-electron chi connectivity index (χ2n) is 6.00. The molecule has 20 heavy (non-hydrogen) atoms. The third-order valence-electron chi connectivity index (χ3n) is 4.15. The van der Waals surface area contributed by atoms with E-state index in [9.17, 15) is 4.79 Å². The van der Waals surface area contributed by atoms with E-state index >= 15 is 0 Å². The van der Waals surface area contributed by atoms with Gasteiger partial charge in [0.1, 0.15) is 4.47 Å². The molecular weight excluding hydrogens is 318 g/mol. The number of halogens is 1. The molecule has 1 saturated carbocycles. The van der Waals surface area contributed by atoms with E-state index in [0.29, 0.717) is 10.5 Å². The summed E-state index contributed by atoms with van der Waals surface area (Å²) in [4.78, 5) is 12.2. The number of nitrogens with one attached hydrogen (secondary N) is 1. The first-order chi connectivity index (χ1) is 9.52. The van der Waals surface area contributed by atoms with E-state index in [1.54, 1.807) is 6.20 Å². The maximum Gasteiger partial charge on any atom is 0.283 e. The number of anilines is 1. The van der Waals surface area contributed by atoms with Gasteiger partial charge in [0.25, 0.3) is 5.56 Å². The van der Waals surface area contributed by atoms with E-state index in [2.05, 4.69) is 33.3 Å². The van der Waals surface area contributed by atoms with Gasteiger partial charge in [0.15, 0.2) is 0 Å². The molecule has 0 spiro atoms. The van der Waals surface area contributed by atoms with Gasteiger partial charge < -0.3 is 5.32 Å². The smallest absolute Gasteiger partial charge is 0.283 e. The zero-order valence-electron chi connectivity index (χ0n) is 12.5. The molecule has 1 heterocycles. The Morgan fingerprint density at radius 3 is 2.90 bits per heavy atom. The van der Waals surface area contributed by atoms with E-state index < -0.39 is 0 Å². The van der Waals surface area contributed by atoms with E-state index in [0.717, 1.165) is 11.6 Å². The van der Waals surface area contributed by atoms with Gasteiger partial charge in [-0.2, -0.15) is 5.10 Å². The molecule has 112 valence electrons. The van der Waals surface area contributed by atoms with Gasteiger partial charge in [-0.05, 0) is 48.5 Å². The van der Waals surface area contributed by atoms with Crippen LogP contribution < -0.4 is 10.9 Å². The van der Waals surface area contributed by atoms with Crippen molar-refractivity contribution >= 4 is 21.6 Å². The van der Waals surface area contributed by atoms with Crippen LogP contribution in [0.1, 0.15) is 58.9 Å². The minimum atomic E-state index is -0.0622. The quantitative estimate of drug-likeness (QED) is 0.901. The van der Waals surface area contributed by atoms with Crippen LogP contribution in [0.15, 0.2) is 15.5 Å². The van der Waals surface area contributed by atoms with Gasteiger partial charge in [-0.15, -0.1) is 0 Å². The van der Waals surface area contributed by atoms with Crippen LogP contribution in [0.2, 0.25) is 0 Å². The number of nitrogens with zero attached hydrogens (tertiary/aromatic N) is 2. The second kappa shape index (κ2) is 6.74. The monoisotopic (exact) mass is 341 g/mol. The standard InChI is InChI=1S/C15H24BrN3O/c1-4-11-6-5-7-12(8-11)18-13-9-17-19(10(2)3)15(20)14(13)16/h9-12,18H,4-8H2,1-3H3. The molecule has 1 N–H and O–H groups in total. The highest BCUT2D eigenvalue weighted by atomic mass is 79.9. The summed E-state index contributed by atoms with van der Waals surface area (Å²) in [6.45, 7) is 6.18. The molecule has 5 heteroatoms. The zero-order chi connectivity index (χ0) is 14.7. The minimum Gasteiger partial charge on any atom is -0.380 e. The van der Waals surface area contributed by atoms with Crippen molar-refractivity contribution in [2.75, 3.05) is 5.32 Å². The second-order valence-corrected chi connectivity index (χ2v) is 6.79. The van der Waals surface area contributed by atoms with E-state index in [1.807, 2.05) is 13.8 Å². The summed E-state index contributed by atoms with van der Waals surface area (Å²) in [5.41, 5.74) is 0.765. The van der Waals surface area contributed by atoms with Crippen LogP contribution >= 0.6 is 15.9 Å². The van der Waals surface area contributed by atoms with Crippen LogP contribution in [-0.4, -0.2) is 15.8 Å². The lowest BCUT2D eigenvalue weighted by molar-refractivity contribution is 0.327. The Morgan fingerprint density at radius 1 is 1.50 bits per heavy atom. The lowest BCUT2D eigenvalue weighted by Gasteiger charge is -2.30. The predicted molar refractivity (Wildman–Crippen MR) is 86.2 cm³/mol. The van der Waals surface area contributed by atoms with Crippen LogP contribution in [-0.2, 0) is 0 Å². The summed E-state index contributed by atoms with van der Waals surface area (Å²) in [6.07, 6.45) is 7.98. The van der Waals surface area contributed by atoms with Gasteiger partial charge in [0.05, 0.1) is 17.9 Å². The molecule has 0 aromatic carbocycles. The van der Waals surface area contributed by atoms with Crippen LogP contribution in [0.5, 0.6) is 0 Å². The lowest BCUT2D eigenvalue weighted by atomic mass is 9.84. The van der Waals surface area contributed by atoms with Gasteiger partial charge in [-0.1, -0.05) is 26.2 Å². The average molecular weight is 342 g/mol. The van der Waals surface area contributed by atoms with Crippen molar-refractivity contribution in [1.29, 1.82) is 0 Å². The molecule has 0 aliphatic heterocycles. The Morgan fingerprint density at radius 2 is 2.25 bits per heavy atom. The highest BCUT2D eigenvalue weighted by Crippen LogP contribution is 2.29. The molecule has 1 aromatic rings. The minimum absolute atomic E-state index is 0.0622. The fraction of sp³-hybridized carbons (Fsp3) is 0.733. The third kappa shape index (κ3) is 3.43. The fourth-order valence-corrected chi connectivity index (χ4v) is 3.32. The molecule has 1 aromatic heterocycles. The number of rotatable bonds is 4. The first-order valence-electron chi connectivity index (χ1n) is 7.56. The molecule has 2 unspecified atom stereocenters. The molecule has 4 nitrogen and oxygen atoms in total. The molecular formula is C15H24BrN3O. The first-order valence-corrected chi connectivity index (χ1v) is 8.36. The maximum atomic E-state index is 12.2. The lowest BCUT2D eigenvalue weighted by Crippen LogP contribution is -2.30. The summed E-state index contributed by atoms with van der Waals surface area (Å²) in [7, 11) is 0. The summed E-state index contributed by atoms with van der Waals surface area (Å²) in [5.74, 6) is 0.809. The van der Waals surface area contributed by atoms with Crippen molar-refractivity contribution < 1.29 is 0 Å². The van der Waals surface area contributed by atoms with Gasteiger partial charge >= 0.3 is 0 Å². The highest BCUT2D eigenvalue weighted by molar-refractivity contribution is 9.10. The zero-order valence-corrected chi connectivity index (χ0v) is 14.1. The van der Waals surface area contributed by atoms with E-state index in [-0.39, 0.29) is 11.6 Å². The number of hydrogen-bond acceptors (Lipinski definition) is 3. The maximum absolute atomic E-state index is 12.2. The van der Waals surface area contributed by atoms with Crippen molar-refractivity contribution in [2.45, 2.75) is 65.0 Å². The molecule has 2 atom stereocenters. The van der Waals surface area contributed by atoms with Crippen molar-refractivity contribution in [2.24, 2.45) is 5.92 Å². The molecule has 1 fully saturated rings. The number of aromatic nitrogens is 2. The molecule has 1 aliphatic rings. The van der Waals surface area contributed by atoms with Crippen molar-refractivity contribution in [3.63, 3.8) is 0 Å². The van der Waals surface area contributed by atoms with Gasteiger partial charge in [0, 0.05) is 6.04 Å². The van der Waals surface area contributed by atoms with Crippen LogP contribution in [0.4, 0.5) is 5.69 Å². The molecule has 0 amide bonds. The fourth-order valence-electron chi connectivity index (χ4n) is 2.93. The topological polar surface area (TPSA) is 46.9 Å². The average Bonchev–Trinajstić information content (AvgIpc) is 2.44. The highest BCUT2D eigenvalue weighted by Gasteiger charge is 2.22. The molecule has 0 radical (unpaired) electrons. The van der Waals surface area contributed by atoms with Gasteiger partial charge in [-0.25, -0.2) is 4.68 Å². The van der Waals surface area contributed by atoms with Crippen molar-refractivity contribution in [3.05, 3.63) is 21.0 Å². The van der Waals surface area contributed by atoms with Crippen molar-refractivity contribution in [3.8, 4) is 0 Å². The predicted octanol–water partition coefficient (Wildman–Crippen LogP) is 3.97. The molecule has 2 rings (SSSR count). The Balaban J connectivity index is 2.14. The SMILES string of the molecule is CCC1CCCC(Nc2cnn(C(C)C)c(=O)c2Br)C1. The number of hydrogen-bond donors (Lipinski definition) is 1. The van der Waals surface area contributed by atoms with Gasteiger partial charge in [0.2, 0.25) is 0 Å². The first kappa shape index (κ1) is 15.5. The Bertz CT molecular complexity index is 512. The van der Waals surface area contributed by atoms with Gasteiger partial charge in [-0.3, -0.25) is 4.79 Å². The van der Waals surface area contributed by atoms with Crippen molar-refractivity contribution in [1.82, 2.24) is 9.78 Å². The molecule has 0 bridgehead atoms. The normalized spacial score (nSPS) is 23.1. The third-order valence-corrected chi connectivity index (χ3v) is 4.92.